The summed E-state index contributed by atoms with van der Waals surface area (Å²) in [6.45, 7) is 7.32. The smallest absolute Gasteiger partial charge is 0.106 e. The van der Waals surface area contributed by atoms with Crippen LogP contribution in [-0.4, -0.2) is 34.6 Å². The highest BCUT2D eigenvalue weighted by Gasteiger charge is 2.41. The summed E-state index contributed by atoms with van der Waals surface area (Å²) < 4.78 is 5.65. The maximum atomic E-state index is 9.51. The normalized spacial score (nSPS) is 36.2. The van der Waals surface area contributed by atoms with Gasteiger partial charge in [-0.1, -0.05) is 12.2 Å². The van der Waals surface area contributed by atoms with Crippen LogP contribution in [0, 0.1) is 0 Å². The summed E-state index contributed by atoms with van der Waals surface area (Å²) in [6.07, 6.45) is 0.887. The highest BCUT2D eigenvalue weighted by atomic mass is 16.5. The summed E-state index contributed by atoms with van der Waals surface area (Å²) in [7, 11) is 0. The van der Waals surface area contributed by atoms with Gasteiger partial charge < -0.3 is 14.9 Å². The zero-order valence-electron chi connectivity index (χ0n) is 8.29. The first kappa shape index (κ1) is 10.7. The molecule has 0 saturated carbocycles. The Morgan fingerprint density at radius 2 is 2.38 bits per heavy atom. The molecule has 76 valence electrons. The van der Waals surface area contributed by atoms with Crippen molar-refractivity contribution in [2.75, 3.05) is 6.61 Å². The van der Waals surface area contributed by atoms with Crippen LogP contribution in [0.2, 0.25) is 0 Å². The highest BCUT2D eigenvalue weighted by molar-refractivity contribution is 5.04. The van der Waals surface area contributed by atoms with E-state index < -0.39 is 11.7 Å². The lowest BCUT2D eigenvalue weighted by molar-refractivity contribution is -0.111. The largest absolute Gasteiger partial charge is 0.394 e. The van der Waals surface area contributed by atoms with Gasteiger partial charge in [-0.05, 0) is 26.7 Å². The van der Waals surface area contributed by atoms with Crippen LogP contribution in [0.15, 0.2) is 12.2 Å². The van der Waals surface area contributed by atoms with Gasteiger partial charge in [-0.3, -0.25) is 0 Å². The van der Waals surface area contributed by atoms with E-state index in [1.54, 1.807) is 0 Å². The van der Waals surface area contributed by atoms with Gasteiger partial charge >= 0.3 is 0 Å². The van der Waals surface area contributed by atoms with E-state index in [1.807, 2.05) is 13.8 Å². The number of hydrogen-bond donors (Lipinski definition) is 2. The Bertz CT molecular complexity index is 202. The van der Waals surface area contributed by atoms with Crippen LogP contribution < -0.4 is 0 Å². The van der Waals surface area contributed by atoms with E-state index in [9.17, 15) is 5.11 Å². The third kappa shape index (κ3) is 2.10. The molecule has 1 heterocycles. The minimum Gasteiger partial charge on any atom is -0.394 e. The van der Waals surface area contributed by atoms with Crippen molar-refractivity contribution >= 4 is 0 Å². The van der Waals surface area contributed by atoms with Crippen LogP contribution in [0.4, 0.5) is 0 Å². The van der Waals surface area contributed by atoms with Crippen molar-refractivity contribution in [2.24, 2.45) is 0 Å². The molecule has 0 amide bonds. The molecule has 0 aromatic carbocycles. The van der Waals surface area contributed by atoms with Crippen LogP contribution in [0.5, 0.6) is 0 Å². The van der Waals surface area contributed by atoms with E-state index in [1.165, 1.54) is 0 Å². The minimum absolute atomic E-state index is 0.0335. The molecule has 0 spiro atoms. The second kappa shape index (κ2) is 3.78. The topological polar surface area (TPSA) is 49.7 Å². The van der Waals surface area contributed by atoms with E-state index in [2.05, 4.69) is 6.58 Å². The van der Waals surface area contributed by atoms with Crippen molar-refractivity contribution in [2.45, 2.75) is 44.5 Å². The van der Waals surface area contributed by atoms with Gasteiger partial charge in [-0.2, -0.15) is 0 Å². The number of aliphatic hydroxyl groups excluding tert-OH is 2. The molecule has 1 aliphatic heterocycles. The van der Waals surface area contributed by atoms with Gasteiger partial charge in [-0.25, -0.2) is 0 Å². The molecule has 2 N–H and O–H groups in total. The van der Waals surface area contributed by atoms with Gasteiger partial charge in [0.2, 0.25) is 0 Å². The summed E-state index contributed by atoms with van der Waals surface area (Å²) in [4.78, 5) is 0. The monoisotopic (exact) mass is 186 g/mol. The molecule has 3 atom stereocenters. The summed E-state index contributed by atoms with van der Waals surface area (Å²) in [5, 5.41) is 18.3. The third-order valence-corrected chi connectivity index (χ3v) is 2.74. The molecular weight excluding hydrogens is 168 g/mol. The fourth-order valence-corrected chi connectivity index (χ4v) is 1.65. The Hall–Kier alpha value is -0.380. The Morgan fingerprint density at radius 1 is 1.77 bits per heavy atom. The second-order valence-corrected chi connectivity index (χ2v) is 4.00. The van der Waals surface area contributed by atoms with E-state index >= 15 is 0 Å². The molecule has 0 aliphatic carbocycles. The maximum absolute atomic E-state index is 9.51. The molecule has 13 heavy (non-hydrogen) atoms. The molecule has 0 bridgehead atoms. The fourth-order valence-electron chi connectivity index (χ4n) is 1.65. The van der Waals surface area contributed by atoms with Crippen LogP contribution >= 0.6 is 0 Å². The predicted octanol–water partition coefficient (Wildman–Crippen LogP) is 0.853. The summed E-state index contributed by atoms with van der Waals surface area (Å²) in [5.41, 5.74) is 0.382. The van der Waals surface area contributed by atoms with E-state index in [-0.39, 0.29) is 12.7 Å². The van der Waals surface area contributed by atoms with E-state index in [4.69, 9.17) is 9.84 Å². The van der Waals surface area contributed by atoms with Gasteiger partial charge in [0.05, 0.1) is 18.3 Å². The van der Waals surface area contributed by atoms with Crippen molar-refractivity contribution in [1.29, 1.82) is 0 Å². The molecule has 0 aromatic heterocycles. The van der Waals surface area contributed by atoms with Crippen molar-refractivity contribution in [3.63, 3.8) is 0 Å². The molecular formula is C10H18O3. The lowest BCUT2D eigenvalue weighted by Gasteiger charge is -2.29. The zero-order valence-corrected chi connectivity index (χ0v) is 8.29. The molecule has 0 aromatic rings. The molecule has 1 aliphatic rings. The first-order chi connectivity index (χ1) is 5.99. The molecule has 0 radical (unpaired) electrons. The van der Waals surface area contributed by atoms with E-state index in [0.717, 1.165) is 18.4 Å². The average molecular weight is 186 g/mol. The third-order valence-electron chi connectivity index (χ3n) is 2.74. The van der Waals surface area contributed by atoms with Gasteiger partial charge in [0.15, 0.2) is 0 Å². The molecule has 0 unspecified atom stereocenters. The van der Waals surface area contributed by atoms with Crippen LogP contribution in [0.1, 0.15) is 26.7 Å². The van der Waals surface area contributed by atoms with Crippen molar-refractivity contribution in [1.82, 2.24) is 0 Å². The molecule has 3 nitrogen and oxygen atoms in total. The van der Waals surface area contributed by atoms with Gasteiger partial charge in [0, 0.05) is 0 Å². The standard InChI is InChI=1S/C10H18O3/c1-7(2)8-4-5-10(3,13-8)9(12)6-11/h8-9,11-12H,1,4-6H2,2-3H3/t8-,9-,10-/m1/s1. The predicted molar refractivity (Wildman–Crippen MR) is 50.4 cm³/mol. The number of ether oxygens (including phenoxy) is 1. The molecule has 3 heteroatoms. The minimum atomic E-state index is -0.795. The van der Waals surface area contributed by atoms with Crippen molar-refractivity contribution in [3.05, 3.63) is 12.2 Å². The number of rotatable bonds is 3. The first-order valence-electron chi connectivity index (χ1n) is 4.62. The number of aliphatic hydroxyl groups is 2. The van der Waals surface area contributed by atoms with Crippen molar-refractivity contribution < 1.29 is 14.9 Å². The van der Waals surface area contributed by atoms with Gasteiger partial charge in [0.1, 0.15) is 6.10 Å². The van der Waals surface area contributed by atoms with Gasteiger partial charge in [-0.15, -0.1) is 0 Å². The summed E-state index contributed by atoms with van der Waals surface area (Å²) in [6, 6.07) is 0. The Kier molecular flexibility index (Phi) is 3.11. The first-order valence-corrected chi connectivity index (χ1v) is 4.62. The highest BCUT2D eigenvalue weighted by Crippen LogP contribution is 2.35. The second-order valence-electron chi connectivity index (χ2n) is 4.00. The van der Waals surface area contributed by atoms with Crippen LogP contribution in [0.3, 0.4) is 0 Å². The molecule has 1 saturated heterocycles. The molecule has 1 rings (SSSR count). The summed E-state index contributed by atoms with van der Waals surface area (Å²) >= 11 is 0. The molecule has 1 fully saturated rings. The lowest BCUT2D eigenvalue weighted by atomic mass is 9.95. The number of hydrogen-bond acceptors (Lipinski definition) is 3. The fraction of sp³-hybridized carbons (Fsp3) is 0.800. The maximum Gasteiger partial charge on any atom is 0.106 e. The lowest BCUT2D eigenvalue weighted by Crippen LogP contribution is -2.41. The Morgan fingerprint density at radius 3 is 2.77 bits per heavy atom. The van der Waals surface area contributed by atoms with Gasteiger partial charge in [0.25, 0.3) is 0 Å². The SMILES string of the molecule is C=C(C)[C@H]1CC[C@](C)([C@H](O)CO)O1. The Balaban J connectivity index is 2.60. The average Bonchev–Trinajstić information content (AvgIpc) is 2.48. The Labute approximate surface area is 79.0 Å². The quantitative estimate of drug-likeness (QED) is 0.642. The van der Waals surface area contributed by atoms with Crippen LogP contribution in [-0.2, 0) is 4.74 Å². The van der Waals surface area contributed by atoms with E-state index in [0.29, 0.717) is 0 Å². The summed E-state index contributed by atoms with van der Waals surface area (Å²) in [5.74, 6) is 0. The van der Waals surface area contributed by atoms with Crippen molar-refractivity contribution in [3.8, 4) is 0 Å². The zero-order chi connectivity index (χ0) is 10.1. The van der Waals surface area contributed by atoms with Crippen LogP contribution in [0.25, 0.3) is 0 Å².